The van der Waals surface area contributed by atoms with Crippen LogP contribution in [0.3, 0.4) is 0 Å². The van der Waals surface area contributed by atoms with Crippen molar-refractivity contribution in [2.45, 2.75) is 0 Å². The molecule has 4 rings (SSSR count). The molecular weight excluding hydrogens is 380 g/mol. The van der Waals surface area contributed by atoms with Gasteiger partial charge in [0.15, 0.2) is 0 Å². The molecule has 2 heterocycles. The van der Waals surface area contributed by atoms with Crippen molar-refractivity contribution < 1.29 is 9.53 Å². The molecule has 0 spiro atoms. The van der Waals surface area contributed by atoms with Crippen LogP contribution in [0.4, 0.5) is 23.1 Å². The first-order valence-corrected chi connectivity index (χ1v) is 9.78. The second kappa shape index (κ2) is 8.69. The number of ether oxygens (including phenoxy) is 1. The Hall–Kier alpha value is -3.81. The molecule has 0 bridgehead atoms. The Balaban J connectivity index is 1.47. The molecule has 0 saturated carbocycles. The van der Waals surface area contributed by atoms with Crippen molar-refractivity contribution in [2.75, 3.05) is 49.2 Å². The van der Waals surface area contributed by atoms with E-state index in [1.54, 1.807) is 18.1 Å². The number of nitrogens with two attached hydrogens (primary N) is 1. The molecule has 1 aliphatic heterocycles. The van der Waals surface area contributed by atoms with Crippen molar-refractivity contribution >= 4 is 29.0 Å². The fourth-order valence-electron chi connectivity index (χ4n) is 3.49. The topological polar surface area (TPSA) is 96.6 Å². The largest absolute Gasteiger partial charge is 0.495 e. The van der Waals surface area contributed by atoms with E-state index in [1.807, 2.05) is 42.5 Å². The second-order valence-electron chi connectivity index (χ2n) is 6.94. The van der Waals surface area contributed by atoms with Crippen LogP contribution in [0.5, 0.6) is 5.75 Å². The number of para-hydroxylation sites is 3. The number of carbonyl (C=O) groups excluding carboxylic acids is 1. The van der Waals surface area contributed by atoms with Crippen LogP contribution in [0, 0.1) is 0 Å². The van der Waals surface area contributed by atoms with Crippen LogP contribution < -0.4 is 20.7 Å². The molecule has 30 heavy (non-hydrogen) atoms. The highest BCUT2D eigenvalue weighted by Crippen LogP contribution is 2.27. The lowest BCUT2D eigenvalue weighted by Crippen LogP contribution is -2.49. The number of nitrogens with one attached hydrogen (secondary N) is 1. The van der Waals surface area contributed by atoms with E-state index in [9.17, 15) is 4.79 Å². The zero-order valence-corrected chi connectivity index (χ0v) is 16.8. The lowest BCUT2D eigenvalue weighted by molar-refractivity contribution is 0.0741. The third-order valence-electron chi connectivity index (χ3n) is 5.02. The molecule has 0 unspecified atom stereocenters. The van der Waals surface area contributed by atoms with Crippen molar-refractivity contribution in [3.63, 3.8) is 0 Å². The van der Waals surface area contributed by atoms with E-state index in [1.165, 1.54) is 5.69 Å². The van der Waals surface area contributed by atoms with E-state index in [4.69, 9.17) is 10.5 Å². The number of hydrogen-bond acceptors (Lipinski definition) is 7. The lowest BCUT2D eigenvalue weighted by Gasteiger charge is -2.36. The Labute approximate surface area is 175 Å². The first-order chi connectivity index (χ1) is 14.6. The lowest BCUT2D eigenvalue weighted by atomic mass is 10.2. The second-order valence-corrected chi connectivity index (χ2v) is 6.94. The van der Waals surface area contributed by atoms with Crippen molar-refractivity contribution in [1.82, 2.24) is 14.9 Å². The van der Waals surface area contributed by atoms with E-state index < -0.39 is 0 Å². The zero-order valence-electron chi connectivity index (χ0n) is 16.8. The molecule has 1 fully saturated rings. The summed E-state index contributed by atoms with van der Waals surface area (Å²) < 4.78 is 5.35. The van der Waals surface area contributed by atoms with E-state index >= 15 is 0 Å². The van der Waals surface area contributed by atoms with E-state index in [0.717, 1.165) is 18.8 Å². The smallest absolute Gasteiger partial charge is 0.272 e. The molecule has 3 aromatic rings. The number of carbonyl (C=O) groups is 1. The van der Waals surface area contributed by atoms with Crippen molar-refractivity contribution in [1.29, 1.82) is 0 Å². The van der Waals surface area contributed by atoms with Gasteiger partial charge in [0.05, 0.1) is 12.8 Å². The van der Waals surface area contributed by atoms with Crippen LogP contribution in [-0.4, -0.2) is 54.1 Å². The summed E-state index contributed by atoms with van der Waals surface area (Å²) >= 11 is 0. The number of amides is 1. The number of benzene rings is 2. The van der Waals surface area contributed by atoms with E-state index in [0.29, 0.717) is 24.7 Å². The van der Waals surface area contributed by atoms with Gasteiger partial charge in [-0.1, -0.05) is 30.3 Å². The van der Waals surface area contributed by atoms with Crippen LogP contribution in [0.2, 0.25) is 0 Å². The van der Waals surface area contributed by atoms with Gasteiger partial charge in [-0.25, -0.2) is 4.98 Å². The molecule has 2 aromatic carbocycles. The molecule has 8 heteroatoms. The van der Waals surface area contributed by atoms with Crippen LogP contribution in [-0.2, 0) is 0 Å². The molecule has 8 nitrogen and oxygen atoms in total. The molecule has 1 saturated heterocycles. The normalized spacial score (nSPS) is 13.8. The Morgan fingerprint density at radius 3 is 2.43 bits per heavy atom. The molecular formula is C22H24N6O2. The van der Waals surface area contributed by atoms with Gasteiger partial charge in [-0.15, -0.1) is 0 Å². The summed E-state index contributed by atoms with van der Waals surface area (Å²) in [6.45, 7) is 2.77. The highest BCUT2D eigenvalue weighted by molar-refractivity contribution is 5.93. The van der Waals surface area contributed by atoms with Gasteiger partial charge in [-0.3, -0.25) is 4.79 Å². The zero-order chi connectivity index (χ0) is 20.9. The van der Waals surface area contributed by atoms with Gasteiger partial charge < -0.3 is 25.6 Å². The van der Waals surface area contributed by atoms with Crippen LogP contribution in [0.15, 0.2) is 60.7 Å². The predicted octanol–water partition coefficient (Wildman–Crippen LogP) is 2.77. The van der Waals surface area contributed by atoms with Crippen molar-refractivity contribution in [3.8, 4) is 5.75 Å². The Bertz CT molecular complexity index is 1020. The summed E-state index contributed by atoms with van der Waals surface area (Å²) in [6, 6.07) is 19.3. The van der Waals surface area contributed by atoms with Crippen molar-refractivity contribution in [3.05, 3.63) is 66.4 Å². The quantitative estimate of drug-likeness (QED) is 0.675. The Morgan fingerprint density at radius 1 is 1.00 bits per heavy atom. The van der Waals surface area contributed by atoms with Crippen LogP contribution in [0.1, 0.15) is 10.5 Å². The Morgan fingerprint density at radius 2 is 1.70 bits per heavy atom. The fourth-order valence-corrected chi connectivity index (χ4v) is 3.49. The summed E-state index contributed by atoms with van der Waals surface area (Å²) in [5.41, 5.74) is 8.04. The average Bonchev–Trinajstić information content (AvgIpc) is 2.79. The van der Waals surface area contributed by atoms with Gasteiger partial charge in [0.1, 0.15) is 17.3 Å². The maximum Gasteiger partial charge on any atom is 0.272 e. The molecule has 0 atom stereocenters. The SMILES string of the molecule is COc1ccccc1Nc1cc(C(=O)N2CCN(c3ccccc3)CC2)nc(N)n1. The average molecular weight is 404 g/mol. The molecule has 1 amide bonds. The number of rotatable bonds is 5. The standard InChI is InChI=1S/C22H24N6O2/c1-30-19-10-6-5-9-17(19)24-20-15-18(25-22(23)26-20)21(29)28-13-11-27(12-14-28)16-7-3-2-4-8-16/h2-10,15H,11-14H2,1H3,(H3,23,24,25,26). The van der Waals surface area contributed by atoms with Gasteiger partial charge in [0, 0.05) is 37.9 Å². The van der Waals surface area contributed by atoms with Crippen LogP contribution >= 0.6 is 0 Å². The van der Waals surface area contributed by atoms with Gasteiger partial charge in [0.25, 0.3) is 5.91 Å². The fraction of sp³-hybridized carbons (Fsp3) is 0.227. The van der Waals surface area contributed by atoms with E-state index in [-0.39, 0.29) is 17.5 Å². The maximum atomic E-state index is 13.0. The molecule has 1 aromatic heterocycles. The molecule has 3 N–H and O–H groups in total. The number of piperazine rings is 1. The molecule has 0 aliphatic carbocycles. The maximum absolute atomic E-state index is 13.0. The number of methoxy groups -OCH3 is 1. The first-order valence-electron chi connectivity index (χ1n) is 9.78. The summed E-state index contributed by atoms with van der Waals surface area (Å²) in [5, 5.41) is 3.16. The summed E-state index contributed by atoms with van der Waals surface area (Å²) in [7, 11) is 1.60. The van der Waals surface area contributed by atoms with Gasteiger partial charge >= 0.3 is 0 Å². The van der Waals surface area contributed by atoms with Gasteiger partial charge in [0.2, 0.25) is 5.95 Å². The number of hydrogen-bond donors (Lipinski definition) is 2. The van der Waals surface area contributed by atoms with Gasteiger partial charge in [-0.2, -0.15) is 4.98 Å². The van der Waals surface area contributed by atoms with Crippen LogP contribution in [0.25, 0.3) is 0 Å². The number of nitrogen functional groups attached to an aromatic ring is 1. The summed E-state index contributed by atoms with van der Waals surface area (Å²) in [4.78, 5) is 25.5. The molecule has 0 radical (unpaired) electrons. The first kappa shape index (κ1) is 19.5. The third kappa shape index (κ3) is 4.27. The highest BCUT2D eigenvalue weighted by atomic mass is 16.5. The summed E-state index contributed by atoms with van der Waals surface area (Å²) in [6.07, 6.45) is 0. The number of aromatic nitrogens is 2. The minimum Gasteiger partial charge on any atom is -0.495 e. The molecule has 1 aliphatic rings. The minimum atomic E-state index is -0.153. The predicted molar refractivity (Wildman–Crippen MR) is 117 cm³/mol. The van der Waals surface area contributed by atoms with E-state index in [2.05, 4.69) is 32.3 Å². The monoisotopic (exact) mass is 404 g/mol. The Kier molecular flexibility index (Phi) is 5.65. The van der Waals surface area contributed by atoms with Crippen molar-refractivity contribution in [2.24, 2.45) is 0 Å². The minimum absolute atomic E-state index is 0.0427. The highest BCUT2D eigenvalue weighted by Gasteiger charge is 2.24. The summed E-state index contributed by atoms with van der Waals surface area (Å²) in [5.74, 6) is 0.999. The number of anilines is 4. The molecule has 154 valence electrons. The van der Waals surface area contributed by atoms with Gasteiger partial charge in [-0.05, 0) is 24.3 Å². The third-order valence-corrected chi connectivity index (χ3v) is 5.02. The number of nitrogens with zero attached hydrogens (tertiary/aromatic N) is 4.